The van der Waals surface area contributed by atoms with Gasteiger partial charge in [0.1, 0.15) is 11.8 Å². The van der Waals surface area contributed by atoms with Gasteiger partial charge in [0.25, 0.3) is 5.91 Å². The first-order valence-corrected chi connectivity index (χ1v) is 13.2. The summed E-state index contributed by atoms with van der Waals surface area (Å²) < 4.78 is 6.70. The number of hydrogen-bond acceptors (Lipinski definition) is 3. The second-order valence-corrected chi connectivity index (χ2v) is 10.3. The summed E-state index contributed by atoms with van der Waals surface area (Å²) in [6.45, 7) is 6.43. The molecule has 0 unspecified atom stereocenters. The summed E-state index contributed by atoms with van der Waals surface area (Å²) in [7, 11) is 0. The molecule has 2 aromatic carbocycles. The number of benzene rings is 2. The molecule has 34 heavy (non-hydrogen) atoms. The van der Waals surface area contributed by atoms with E-state index in [4.69, 9.17) is 4.74 Å². The molecule has 6 heteroatoms. The molecule has 0 spiro atoms. The molecule has 0 radical (unpaired) electrons. The average molecular weight is 530 g/mol. The van der Waals surface area contributed by atoms with Crippen LogP contribution in [0.4, 0.5) is 0 Å². The molecule has 0 aliphatic heterocycles. The summed E-state index contributed by atoms with van der Waals surface area (Å²) in [6.07, 6.45) is 6.23. The van der Waals surface area contributed by atoms with E-state index in [1.54, 1.807) is 4.90 Å². The third kappa shape index (κ3) is 7.59. The summed E-state index contributed by atoms with van der Waals surface area (Å²) in [5.41, 5.74) is 2.33. The van der Waals surface area contributed by atoms with Crippen LogP contribution < -0.4 is 10.1 Å². The second kappa shape index (κ2) is 12.9. The number of hydrogen-bond donors (Lipinski definition) is 1. The number of ether oxygens (including phenoxy) is 1. The second-order valence-electron chi connectivity index (χ2n) is 9.48. The molecule has 1 fully saturated rings. The Bertz CT molecular complexity index is 942. The number of amides is 2. The summed E-state index contributed by atoms with van der Waals surface area (Å²) >= 11 is 3.56. The maximum absolute atomic E-state index is 13.3. The zero-order valence-corrected chi connectivity index (χ0v) is 22.1. The smallest absolute Gasteiger partial charge is 0.261 e. The minimum Gasteiger partial charge on any atom is -0.483 e. The Kier molecular flexibility index (Phi) is 10.00. The first kappa shape index (κ1) is 26.3. The topological polar surface area (TPSA) is 58.6 Å². The van der Waals surface area contributed by atoms with Gasteiger partial charge < -0.3 is 15.0 Å². The lowest BCUT2D eigenvalue weighted by Gasteiger charge is -2.31. The van der Waals surface area contributed by atoms with Crippen LogP contribution in [-0.2, 0) is 16.0 Å². The normalized spacial score (nSPS) is 15.1. The number of nitrogens with one attached hydrogen (secondary N) is 1. The van der Waals surface area contributed by atoms with Gasteiger partial charge in [-0.1, -0.05) is 69.5 Å². The fraction of sp³-hybridized carbons (Fsp3) is 0.500. The lowest BCUT2D eigenvalue weighted by Crippen LogP contribution is -2.52. The quantitative estimate of drug-likeness (QED) is 0.420. The molecule has 0 bridgehead atoms. The predicted octanol–water partition coefficient (Wildman–Crippen LogP) is 5.86. The Balaban J connectivity index is 1.67. The van der Waals surface area contributed by atoms with Crippen LogP contribution in [-0.4, -0.2) is 41.9 Å². The molecular weight excluding hydrogens is 492 g/mol. The molecular formula is C28H37BrN2O3. The van der Waals surface area contributed by atoms with Gasteiger partial charge in [0.2, 0.25) is 5.91 Å². The Morgan fingerprint density at radius 1 is 1.06 bits per heavy atom. The van der Waals surface area contributed by atoms with E-state index in [0.717, 1.165) is 35.7 Å². The fourth-order valence-corrected chi connectivity index (χ4v) is 4.87. The molecule has 2 amide bonds. The minimum absolute atomic E-state index is 0.0872. The minimum atomic E-state index is -0.562. The third-order valence-electron chi connectivity index (χ3n) is 6.58. The van der Waals surface area contributed by atoms with E-state index < -0.39 is 6.04 Å². The molecule has 3 rings (SSSR count). The molecule has 1 saturated carbocycles. The van der Waals surface area contributed by atoms with Crippen molar-refractivity contribution in [3.05, 3.63) is 64.1 Å². The van der Waals surface area contributed by atoms with Crippen LogP contribution in [0.5, 0.6) is 5.75 Å². The average Bonchev–Trinajstić information content (AvgIpc) is 2.84. The molecule has 1 N–H and O–H groups in total. The highest BCUT2D eigenvalue weighted by molar-refractivity contribution is 9.10. The summed E-state index contributed by atoms with van der Waals surface area (Å²) in [6, 6.07) is 15.6. The van der Waals surface area contributed by atoms with E-state index in [-0.39, 0.29) is 24.5 Å². The highest BCUT2D eigenvalue weighted by atomic mass is 79.9. The van der Waals surface area contributed by atoms with Crippen LogP contribution in [0.15, 0.2) is 53.0 Å². The third-order valence-corrected chi connectivity index (χ3v) is 7.20. The van der Waals surface area contributed by atoms with Gasteiger partial charge in [0.15, 0.2) is 6.61 Å². The number of nitrogens with zero attached hydrogens (tertiary/aromatic N) is 1. The molecule has 2 aromatic rings. The first-order chi connectivity index (χ1) is 16.3. The maximum Gasteiger partial charge on any atom is 0.261 e. The Morgan fingerprint density at radius 3 is 2.41 bits per heavy atom. The van der Waals surface area contributed by atoms with E-state index in [9.17, 15) is 9.59 Å². The lowest BCUT2D eigenvalue weighted by molar-refractivity contribution is -0.141. The molecule has 0 aromatic heterocycles. The lowest BCUT2D eigenvalue weighted by atomic mass is 9.95. The molecule has 5 nitrogen and oxygen atoms in total. The fourth-order valence-electron chi connectivity index (χ4n) is 4.35. The molecule has 0 heterocycles. The van der Waals surface area contributed by atoms with Crippen LogP contribution in [0.25, 0.3) is 0 Å². The number of rotatable bonds is 10. The van der Waals surface area contributed by atoms with Crippen molar-refractivity contribution in [2.45, 2.75) is 77.3 Å². The van der Waals surface area contributed by atoms with E-state index in [2.05, 4.69) is 35.1 Å². The zero-order chi connectivity index (χ0) is 24.5. The van der Waals surface area contributed by atoms with Crippen LogP contribution >= 0.6 is 15.9 Å². The van der Waals surface area contributed by atoms with E-state index in [1.807, 2.05) is 55.5 Å². The highest BCUT2D eigenvalue weighted by Gasteiger charge is 2.28. The van der Waals surface area contributed by atoms with Crippen molar-refractivity contribution in [3.63, 3.8) is 0 Å². The van der Waals surface area contributed by atoms with Crippen molar-refractivity contribution in [2.75, 3.05) is 13.2 Å². The van der Waals surface area contributed by atoms with Crippen molar-refractivity contribution < 1.29 is 14.3 Å². The van der Waals surface area contributed by atoms with E-state index >= 15 is 0 Å². The van der Waals surface area contributed by atoms with Gasteiger partial charge in [0.05, 0.1) is 4.47 Å². The van der Waals surface area contributed by atoms with Gasteiger partial charge in [-0.05, 0) is 71.3 Å². The van der Waals surface area contributed by atoms with Gasteiger partial charge in [0, 0.05) is 12.6 Å². The molecule has 184 valence electrons. The van der Waals surface area contributed by atoms with Crippen LogP contribution in [0, 0.1) is 0 Å². The predicted molar refractivity (Wildman–Crippen MR) is 140 cm³/mol. The van der Waals surface area contributed by atoms with E-state index in [1.165, 1.54) is 12.0 Å². The Morgan fingerprint density at radius 2 is 1.76 bits per heavy atom. The number of halogens is 1. The molecule has 1 aliphatic rings. The van der Waals surface area contributed by atoms with Gasteiger partial charge >= 0.3 is 0 Å². The Hall–Kier alpha value is -2.34. The van der Waals surface area contributed by atoms with Gasteiger partial charge in [-0.2, -0.15) is 0 Å². The van der Waals surface area contributed by atoms with Crippen LogP contribution in [0.2, 0.25) is 0 Å². The summed E-state index contributed by atoms with van der Waals surface area (Å²) in [5, 5.41) is 3.17. The highest BCUT2D eigenvalue weighted by Crippen LogP contribution is 2.29. The van der Waals surface area contributed by atoms with Gasteiger partial charge in [-0.15, -0.1) is 0 Å². The summed E-state index contributed by atoms with van der Waals surface area (Å²) in [5.74, 6) is 0.752. The Labute approximate surface area is 212 Å². The van der Waals surface area contributed by atoms with Crippen LogP contribution in [0.3, 0.4) is 0 Å². The largest absolute Gasteiger partial charge is 0.483 e. The molecule has 1 aliphatic carbocycles. The van der Waals surface area contributed by atoms with E-state index in [0.29, 0.717) is 24.6 Å². The van der Waals surface area contributed by atoms with Crippen molar-refractivity contribution in [2.24, 2.45) is 0 Å². The van der Waals surface area contributed by atoms with Crippen molar-refractivity contribution >= 4 is 27.7 Å². The van der Waals surface area contributed by atoms with Crippen molar-refractivity contribution in [1.82, 2.24) is 10.2 Å². The van der Waals surface area contributed by atoms with Crippen LogP contribution in [0.1, 0.15) is 69.9 Å². The SMILES string of the molecule is CC(C)c1ccc(OCC(=O)N(CCc2ccccc2)[C@H](C)C(=O)NC2CCCCC2)c(Br)c1. The van der Waals surface area contributed by atoms with Gasteiger partial charge in [-0.25, -0.2) is 0 Å². The van der Waals surface area contributed by atoms with Crippen molar-refractivity contribution in [3.8, 4) is 5.75 Å². The molecule has 1 atom stereocenters. The molecule has 0 saturated heterocycles. The first-order valence-electron chi connectivity index (χ1n) is 12.4. The number of carbonyl (C=O) groups excluding carboxylic acids is 2. The van der Waals surface area contributed by atoms with Gasteiger partial charge in [-0.3, -0.25) is 9.59 Å². The zero-order valence-electron chi connectivity index (χ0n) is 20.6. The number of carbonyl (C=O) groups is 2. The monoisotopic (exact) mass is 528 g/mol. The standard InChI is InChI=1S/C28H37BrN2O3/c1-20(2)23-14-15-26(25(29)18-23)34-19-27(32)31(17-16-22-10-6-4-7-11-22)21(3)28(33)30-24-12-8-5-9-13-24/h4,6-7,10-11,14-15,18,20-21,24H,5,8-9,12-13,16-17,19H2,1-3H3,(H,30,33)/t21-/m1/s1. The summed E-state index contributed by atoms with van der Waals surface area (Å²) in [4.78, 5) is 28.0. The maximum atomic E-state index is 13.3. The van der Waals surface area contributed by atoms with Crippen molar-refractivity contribution in [1.29, 1.82) is 0 Å².